The molecule has 0 aliphatic carbocycles. The monoisotopic (exact) mass is 296 g/mol. The number of nitrogens with two attached hydrogens (primary N) is 1. The molecule has 0 radical (unpaired) electrons. The Hall–Kier alpha value is -0.540. The summed E-state index contributed by atoms with van der Waals surface area (Å²) in [5.74, 6) is 0.665. The van der Waals surface area contributed by atoms with E-state index in [1.54, 1.807) is 0 Å². The highest BCUT2D eigenvalue weighted by Gasteiger charge is 2.26. The lowest BCUT2D eigenvalue weighted by Gasteiger charge is -2.21. The Kier molecular flexibility index (Phi) is 4.46. The standard InChI is InChI=1S/C14H21BrN2/c1-2-3-14(16)11-8-9-17(10-11)13-6-4-12(15)5-7-13/h4-7,11,14H,2-3,8-10,16H2,1H3. The highest BCUT2D eigenvalue weighted by Crippen LogP contribution is 2.27. The minimum absolute atomic E-state index is 0.375. The Labute approximate surface area is 112 Å². The molecule has 2 nitrogen and oxygen atoms in total. The quantitative estimate of drug-likeness (QED) is 0.923. The van der Waals surface area contributed by atoms with Gasteiger partial charge in [-0.3, -0.25) is 0 Å². The molecule has 2 unspecified atom stereocenters. The van der Waals surface area contributed by atoms with Crippen LogP contribution < -0.4 is 10.6 Å². The van der Waals surface area contributed by atoms with Crippen molar-refractivity contribution in [3.63, 3.8) is 0 Å². The second kappa shape index (κ2) is 5.87. The summed E-state index contributed by atoms with van der Waals surface area (Å²) in [6, 6.07) is 8.94. The maximum atomic E-state index is 6.22. The van der Waals surface area contributed by atoms with E-state index in [0.717, 1.165) is 24.0 Å². The van der Waals surface area contributed by atoms with Crippen molar-refractivity contribution < 1.29 is 0 Å². The zero-order chi connectivity index (χ0) is 12.3. The molecule has 0 saturated carbocycles. The summed E-state index contributed by atoms with van der Waals surface area (Å²) >= 11 is 3.47. The van der Waals surface area contributed by atoms with E-state index < -0.39 is 0 Å². The van der Waals surface area contributed by atoms with Crippen LogP contribution in [0.2, 0.25) is 0 Å². The number of halogens is 1. The van der Waals surface area contributed by atoms with Gasteiger partial charge in [0.15, 0.2) is 0 Å². The number of nitrogens with zero attached hydrogens (tertiary/aromatic N) is 1. The van der Waals surface area contributed by atoms with E-state index in [0.29, 0.717) is 12.0 Å². The number of benzene rings is 1. The first kappa shape index (κ1) is 12.9. The van der Waals surface area contributed by atoms with Crippen molar-refractivity contribution in [2.45, 2.75) is 32.2 Å². The van der Waals surface area contributed by atoms with Crippen molar-refractivity contribution in [3.05, 3.63) is 28.7 Å². The lowest BCUT2D eigenvalue weighted by atomic mass is 9.96. The van der Waals surface area contributed by atoms with Gasteiger partial charge in [0.05, 0.1) is 0 Å². The molecule has 1 aromatic carbocycles. The average Bonchev–Trinajstić information content (AvgIpc) is 2.80. The molecule has 1 aliphatic rings. The van der Waals surface area contributed by atoms with Crippen LogP contribution in [0.4, 0.5) is 5.69 Å². The zero-order valence-corrected chi connectivity index (χ0v) is 12.0. The van der Waals surface area contributed by atoms with Gasteiger partial charge in [-0.25, -0.2) is 0 Å². The summed E-state index contributed by atoms with van der Waals surface area (Å²) in [4.78, 5) is 2.45. The highest BCUT2D eigenvalue weighted by atomic mass is 79.9. The molecule has 0 amide bonds. The van der Waals surface area contributed by atoms with Gasteiger partial charge >= 0.3 is 0 Å². The van der Waals surface area contributed by atoms with Crippen LogP contribution in [0.15, 0.2) is 28.7 Å². The third kappa shape index (κ3) is 3.23. The van der Waals surface area contributed by atoms with Crippen LogP contribution in [-0.4, -0.2) is 19.1 Å². The van der Waals surface area contributed by atoms with E-state index in [2.05, 4.69) is 52.0 Å². The molecule has 2 N–H and O–H groups in total. The number of hydrogen-bond donors (Lipinski definition) is 1. The topological polar surface area (TPSA) is 29.3 Å². The summed E-state index contributed by atoms with van der Waals surface area (Å²) < 4.78 is 1.14. The molecule has 1 aliphatic heterocycles. The van der Waals surface area contributed by atoms with Crippen molar-refractivity contribution in [1.82, 2.24) is 0 Å². The van der Waals surface area contributed by atoms with Gasteiger partial charge in [-0.15, -0.1) is 0 Å². The van der Waals surface area contributed by atoms with E-state index in [1.807, 2.05) is 0 Å². The Morgan fingerprint density at radius 2 is 2.12 bits per heavy atom. The molecule has 1 saturated heterocycles. The summed E-state index contributed by atoms with van der Waals surface area (Å²) in [6.45, 7) is 4.47. The minimum Gasteiger partial charge on any atom is -0.371 e. The molecular weight excluding hydrogens is 276 g/mol. The third-order valence-corrected chi connectivity index (χ3v) is 4.17. The number of rotatable bonds is 4. The molecule has 3 heteroatoms. The summed E-state index contributed by atoms with van der Waals surface area (Å²) in [7, 11) is 0. The first-order valence-electron chi connectivity index (χ1n) is 6.46. The van der Waals surface area contributed by atoms with Crippen LogP contribution in [0.3, 0.4) is 0 Å². The van der Waals surface area contributed by atoms with Crippen LogP contribution >= 0.6 is 15.9 Å². The zero-order valence-electron chi connectivity index (χ0n) is 10.4. The molecule has 1 fully saturated rings. The molecular formula is C14H21BrN2. The third-order valence-electron chi connectivity index (χ3n) is 3.64. The second-order valence-corrected chi connectivity index (χ2v) is 5.84. The Balaban J connectivity index is 1.95. The van der Waals surface area contributed by atoms with Crippen LogP contribution in [0.5, 0.6) is 0 Å². The fraction of sp³-hybridized carbons (Fsp3) is 0.571. The van der Waals surface area contributed by atoms with Gasteiger partial charge < -0.3 is 10.6 Å². The Morgan fingerprint density at radius 1 is 1.41 bits per heavy atom. The van der Waals surface area contributed by atoms with Gasteiger partial charge in [-0.05, 0) is 43.0 Å². The first-order chi connectivity index (χ1) is 8.20. The van der Waals surface area contributed by atoms with Crippen LogP contribution in [0.25, 0.3) is 0 Å². The molecule has 2 rings (SSSR count). The maximum Gasteiger partial charge on any atom is 0.0367 e. The summed E-state index contributed by atoms with van der Waals surface area (Å²) in [5, 5.41) is 0. The van der Waals surface area contributed by atoms with Crippen molar-refractivity contribution >= 4 is 21.6 Å². The SMILES string of the molecule is CCCC(N)C1CCN(c2ccc(Br)cc2)C1. The van der Waals surface area contributed by atoms with E-state index in [9.17, 15) is 0 Å². The largest absolute Gasteiger partial charge is 0.371 e. The predicted molar refractivity (Wildman–Crippen MR) is 77.3 cm³/mol. The van der Waals surface area contributed by atoms with E-state index >= 15 is 0 Å². The van der Waals surface area contributed by atoms with Gasteiger partial charge in [-0.2, -0.15) is 0 Å². The molecule has 0 bridgehead atoms. The molecule has 0 spiro atoms. The van der Waals surface area contributed by atoms with Gasteiger partial charge in [0.25, 0.3) is 0 Å². The predicted octanol–water partition coefficient (Wildman–Crippen LogP) is 3.40. The molecule has 0 aromatic heterocycles. The highest BCUT2D eigenvalue weighted by molar-refractivity contribution is 9.10. The smallest absolute Gasteiger partial charge is 0.0367 e. The van der Waals surface area contributed by atoms with Gasteiger partial charge in [0, 0.05) is 29.3 Å². The second-order valence-electron chi connectivity index (χ2n) is 4.92. The summed E-state index contributed by atoms with van der Waals surface area (Å²) in [6.07, 6.45) is 3.58. The van der Waals surface area contributed by atoms with Gasteiger partial charge in [0.2, 0.25) is 0 Å². The van der Waals surface area contributed by atoms with E-state index in [-0.39, 0.29) is 0 Å². The lowest BCUT2D eigenvalue weighted by Crippen LogP contribution is -2.32. The van der Waals surface area contributed by atoms with Crippen molar-refractivity contribution in [3.8, 4) is 0 Å². The Morgan fingerprint density at radius 3 is 2.76 bits per heavy atom. The normalized spacial score (nSPS) is 21.8. The average molecular weight is 297 g/mol. The molecule has 17 heavy (non-hydrogen) atoms. The van der Waals surface area contributed by atoms with E-state index in [4.69, 9.17) is 5.73 Å². The summed E-state index contributed by atoms with van der Waals surface area (Å²) in [5.41, 5.74) is 7.54. The fourth-order valence-corrected chi connectivity index (χ4v) is 2.86. The lowest BCUT2D eigenvalue weighted by molar-refractivity contribution is 0.430. The van der Waals surface area contributed by atoms with Crippen molar-refractivity contribution in [2.24, 2.45) is 11.7 Å². The molecule has 2 atom stereocenters. The minimum atomic E-state index is 0.375. The molecule has 1 aromatic rings. The molecule has 1 heterocycles. The first-order valence-corrected chi connectivity index (χ1v) is 7.26. The van der Waals surface area contributed by atoms with Crippen molar-refractivity contribution in [2.75, 3.05) is 18.0 Å². The van der Waals surface area contributed by atoms with Crippen LogP contribution in [0, 0.1) is 5.92 Å². The van der Waals surface area contributed by atoms with E-state index in [1.165, 1.54) is 18.5 Å². The van der Waals surface area contributed by atoms with Crippen molar-refractivity contribution in [1.29, 1.82) is 0 Å². The number of anilines is 1. The van der Waals surface area contributed by atoms with Gasteiger partial charge in [0.1, 0.15) is 0 Å². The number of hydrogen-bond acceptors (Lipinski definition) is 2. The fourth-order valence-electron chi connectivity index (χ4n) is 2.59. The van der Waals surface area contributed by atoms with Gasteiger partial charge in [-0.1, -0.05) is 29.3 Å². The maximum absolute atomic E-state index is 6.22. The van der Waals surface area contributed by atoms with Crippen LogP contribution in [-0.2, 0) is 0 Å². The molecule has 94 valence electrons. The Bertz CT molecular complexity index is 350. The van der Waals surface area contributed by atoms with Crippen LogP contribution in [0.1, 0.15) is 26.2 Å².